The topological polar surface area (TPSA) is 139 Å². The van der Waals surface area contributed by atoms with Crippen LogP contribution in [0.4, 0.5) is 0 Å². The van der Waals surface area contributed by atoms with Gasteiger partial charge in [-0.15, -0.1) is 0 Å². The summed E-state index contributed by atoms with van der Waals surface area (Å²) in [5.41, 5.74) is 10.7. The molecule has 0 saturated heterocycles. The number of pyridine rings is 2. The Balaban J connectivity index is 0. The molecule has 0 amide bonds. The van der Waals surface area contributed by atoms with E-state index in [1.54, 1.807) is 0 Å². The molecule has 8 nitrogen and oxygen atoms in total. The molecule has 13 heteroatoms. The SMILES string of the molecule is C.CC(C)(C)CB(O)O.CC(C)(C)Cc1ccc(-c2ccnc(-c3ccccc3)c2)cc1.Clc1ccc(-c2ccnc(-c3ccccc3)c2)cc1.O=[P+]([O-])O[O-].[H-].[K+].[K+]. The van der Waals surface area contributed by atoms with Crippen molar-refractivity contribution in [2.75, 3.05) is 0 Å². The second kappa shape index (κ2) is 29.1. The minimum atomic E-state index is -3.15. The van der Waals surface area contributed by atoms with Crippen LogP contribution in [0.5, 0.6) is 0 Å². The number of nitrogens with zero attached hydrogens (tertiary/aromatic N) is 2. The summed E-state index contributed by atoms with van der Waals surface area (Å²) in [6, 6.07) is 45.6. The van der Waals surface area contributed by atoms with E-state index < -0.39 is 15.4 Å². The zero-order valence-electron chi connectivity index (χ0n) is 35.1. The van der Waals surface area contributed by atoms with E-state index in [2.05, 4.69) is 102 Å². The number of rotatable bonds is 7. The Hall–Kier alpha value is -1.29. The molecular weight excluding hydrogens is 820 g/mol. The van der Waals surface area contributed by atoms with Gasteiger partial charge in [0.25, 0.3) is 0 Å². The van der Waals surface area contributed by atoms with Crippen molar-refractivity contribution in [2.45, 2.75) is 61.7 Å². The van der Waals surface area contributed by atoms with Gasteiger partial charge in [-0.25, -0.2) is 4.67 Å². The van der Waals surface area contributed by atoms with Crippen LogP contribution in [0.25, 0.3) is 44.8 Å². The Labute approximate surface area is 438 Å². The Morgan fingerprint density at radius 3 is 1.33 bits per heavy atom. The first-order valence-electron chi connectivity index (χ1n) is 17.7. The van der Waals surface area contributed by atoms with Gasteiger partial charge < -0.3 is 21.6 Å². The summed E-state index contributed by atoms with van der Waals surface area (Å²) in [6.07, 6.45) is 5.26. The fourth-order valence-corrected chi connectivity index (χ4v) is 5.50. The molecular formula is C45H53BClK2N2O6P. The Morgan fingerprint density at radius 2 is 1.02 bits per heavy atom. The summed E-state index contributed by atoms with van der Waals surface area (Å²) in [7, 11) is -4.31. The van der Waals surface area contributed by atoms with Crippen molar-refractivity contribution in [2.24, 2.45) is 10.8 Å². The van der Waals surface area contributed by atoms with Crippen LogP contribution in [-0.2, 0) is 15.7 Å². The van der Waals surface area contributed by atoms with E-state index in [9.17, 15) is 0 Å². The Kier molecular flexibility index (Phi) is 28.4. The predicted octanol–water partition coefficient (Wildman–Crippen LogP) is 4.63. The van der Waals surface area contributed by atoms with Crippen LogP contribution < -0.4 is 113 Å². The van der Waals surface area contributed by atoms with Gasteiger partial charge in [-0.3, -0.25) is 9.97 Å². The summed E-state index contributed by atoms with van der Waals surface area (Å²) in [5, 5.41) is 26.2. The van der Waals surface area contributed by atoms with Gasteiger partial charge in [0.05, 0.1) is 11.4 Å². The maximum atomic E-state index is 8.87. The zero-order chi connectivity index (χ0) is 40.4. The van der Waals surface area contributed by atoms with Gasteiger partial charge in [0.15, 0.2) is 0 Å². The standard InChI is InChI=1S/C22H23N.C17H12ClN.C5H13BO2.CH4.2K.HO4P.H/c1-22(2,3)16-17-9-11-18(12-10-17)20-13-14-23-21(15-20)19-7-5-4-6-8-19;18-16-8-6-13(7-9-16)15-10-11-19-17(12-15)14-4-2-1-3-5-14;1-5(2,3)4-6(7)8;;;;1-4-5(2)3;/h4-15H,16H2,1-3H3;1-12H;7-8H,4H2,1-3H3;1H4;;;1H;/q;;;;2*+1;;-1/p-1. The minimum absolute atomic E-state index is 0. The van der Waals surface area contributed by atoms with Crippen molar-refractivity contribution in [3.05, 3.63) is 156 Å². The Morgan fingerprint density at radius 1 is 0.638 bits per heavy atom. The molecule has 0 radical (unpaired) electrons. The van der Waals surface area contributed by atoms with Crippen LogP contribution in [0.1, 0.15) is 56.0 Å². The molecule has 0 bridgehead atoms. The van der Waals surface area contributed by atoms with E-state index in [0.29, 0.717) is 11.7 Å². The van der Waals surface area contributed by atoms with Crippen LogP contribution in [0, 0.1) is 10.8 Å². The summed E-state index contributed by atoms with van der Waals surface area (Å²) in [5.74, 6) is 0. The van der Waals surface area contributed by atoms with Crippen LogP contribution in [0.3, 0.4) is 0 Å². The smallest absolute Gasteiger partial charge is 1.00 e. The third-order valence-electron chi connectivity index (χ3n) is 7.71. The van der Waals surface area contributed by atoms with E-state index in [1.165, 1.54) is 16.7 Å². The van der Waals surface area contributed by atoms with Crippen molar-refractivity contribution >= 4 is 27.0 Å². The second-order valence-corrected chi connectivity index (χ2v) is 16.1. The molecule has 0 aliphatic carbocycles. The summed E-state index contributed by atoms with van der Waals surface area (Å²) in [4.78, 5) is 17.8. The van der Waals surface area contributed by atoms with Crippen molar-refractivity contribution < 1.29 is 134 Å². The van der Waals surface area contributed by atoms with Crippen molar-refractivity contribution in [3.8, 4) is 44.8 Å². The predicted molar refractivity (Wildman–Crippen MR) is 229 cm³/mol. The third-order valence-corrected chi connectivity index (χ3v) is 8.09. The van der Waals surface area contributed by atoms with Crippen molar-refractivity contribution in [1.82, 2.24) is 9.97 Å². The van der Waals surface area contributed by atoms with Crippen molar-refractivity contribution in [1.29, 1.82) is 0 Å². The van der Waals surface area contributed by atoms with Gasteiger partial charge in [0.2, 0.25) is 0 Å². The van der Waals surface area contributed by atoms with Gasteiger partial charge in [-0.1, -0.05) is 158 Å². The molecule has 2 N–H and O–H groups in total. The maximum Gasteiger partial charge on any atom is 1.00 e. The fraction of sp³-hybridized carbons (Fsp3) is 0.244. The van der Waals surface area contributed by atoms with E-state index in [0.717, 1.165) is 45.1 Å². The van der Waals surface area contributed by atoms with Gasteiger partial charge in [-0.2, -0.15) is 0 Å². The molecule has 58 heavy (non-hydrogen) atoms. The number of benzene rings is 4. The minimum Gasteiger partial charge on any atom is -1.00 e. The van der Waals surface area contributed by atoms with Crippen LogP contribution in [0.15, 0.2) is 146 Å². The molecule has 0 aliphatic rings. The van der Waals surface area contributed by atoms with E-state index >= 15 is 0 Å². The number of aromatic nitrogens is 2. The first kappa shape index (κ1) is 56.7. The number of halogens is 1. The van der Waals surface area contributed by atoms with E-state index in [4.69, 9.17) is 36.4 Å². The monoisotopic (exact) mass is 872 g/mol. The van der Waals surface area contributed by atoms with Gasteiger partial charge in [0.1, 0.15) is 0 Å². The maximum absolute atomic E-state index is 8.87. The summed E-state index contributed by atoms with van der Waals surface area (Å²) < 4.78 is 11.3. The van der Waals surface area contributed by atoms with Crippen LogP contribution in [-0.4, -0.2) is 27.1 Å². The largest absolute Gasteiger partial charge is 1.00 e. The number of hydrogen-bond donors (Lipinski definition) is 2. The second-order valence-electron chi connectivity index (χ2n) is 15.1. The molecule has 4 aromatic carbocycles. The molecule has 296 valence electrons. The first-order chi connectivity index (χ1) is 26.0. The molecule has 2 aromatic heterocycles. The van der Waals surface area contributed by atoms with Gasteiger partial charge >= 0.3 is 118 Å². The van der Waals surface area contributed by atoms with Crippen LogP contribution >= 0.6 is 19.9 Å². The van der Waals surface area contributed by atoms with Crippen molar-refractivity contribution in [3.63, 3.8) is 0 Å². The average molecular weight is 873 g/mol. The third kappa shape index (κ3) is 23.1. The van der Waals surface area contributed by atoms with E-state index in [-0.39, 0.29) is 117 Å². The first-order valence-corrected chi connectivity index (χ1v) is 19.2. The van der Waals surface area contributed by atoms with Gasteiger partial charge in [-0.05, 0) is 92.4 Å². The molecule has 1 atom stereocenters. The fourth-order valence-electron chi connectivity index (χ4n) is 5.37. The molecule has 0 spiro atoms. The normalized spacial score (nSPS) is 10.5. The summed E-state index contributed by atoms with van der Waals surface area (Å²) in [6.45, 7) is 12.7. The van der Waals surface area contributed by atoms with Crippen LogP contribution in [0.2, 0.25) is 11.3 Å². The molecule has 0 fully saturated rings. The van der Waals surface area contributed by atoms with E-state index in [1.807, 2.05) is 99.9 Å². The molecule has 6 rings (SSSR count). The number of hydrogen-bond acceptors (Lipinski definition) is 8. The molecule has 6 aromatic rings. The molecule has 0 aliphatic heterocycles. The average Bonchev–Trinajstić information content (AvgIpc) is 3.15. The summed E-state index contributed by atoms with van der Waals surface area (Å²) >= 11 is 5.91. The van der Waals surface area contributed by atoms with Gasteiger partial charge in [0, 0.05) is 28.5 Å². The molecule has 1 unspecified atom stereocenters. The quantitative estimate of drug-likeness (QED) is 0.103. The molecule has 2 heterocycles. The Bertz CT molecular complexity index is 2040. The molecule has 0 saturated carbocycles. The zero-order valence-corrected chi connectivity index (χ0v) is 42.0.